The highest BCUT2D eigenvalue weighted by atomic mass is 16.4. The van der Waals surface area contributed by atoms with Crippen molar-refractivity contribution in [2.75, 3.05) is 11.9 Å². The normalized spacial score (nSPS) is 12.9. The van der Waals surface area contributed by atoms with E-state index in [2.05, 4.69) is 5.32 Å². The van der Waals surface area contributed by atoms with Crippen LogP contribution in [-0.2, 0) is 0 Å². The summed E-state index contributed by atoms with van der Waals surface area (Å²) in [6.07, 6.45) is 0.631. The van der Waals surface area contributed by atoms with Crippen LogP contribution in [-0.4, -0.2) is 45.3 Å². The molecule has 0 aliphatic carbocycles. The zero-order chi connectivity index (χ0) is 19.7. The molecule has 1 aliphatic rings. The second-order valence-corrected chi connectivity index (χ2v) is 6.01. The van der Waals surface area contributed by atoms with E-state index < -0.39 is 23.5 Å². The van der Waals surface area contributed by atoms with Crippen LogP contribution >= 0.6 is 0 Å². The SMILES string of the molecule is CCCN1C(=O)c2ccc(C(=O)Nc3ccc(O)c(C(=O)O)c3)cc2C1=O. The summed E-state index contributed by atoms with van der Waals surface area (Å²) < 4.78 is 0. The number of carboxylic acid groups (broad SMARTS) is 1. The van der Waals surface area contributed by atoms with Gasteiger partial charge < -0.3 is 15.5 Å². The Hall–Kier alpha value is -3.68. The monoisotopic (exact) mass is 368 g/mol. The van der Waals surface area contributed by atoms with E-state index in [0.717, 1.165) is 17.0 Å². The molecule has 1 heterocycles. The van der Waals surface area contributed by atoms with E-state index in [4.69, 9.17) is 5.11 Å². The minimum Gasteiger partial charge on any atom is -0.507 e. The number of aromatic carboxylic acids is 1. The summed E-state index contributed by atoms with van der Waals surface area (Å²) >= 11 is 0. The van der Waals surface area contributed by atoms with Crippen LogP contribution in [0.3, 0.4) is 0 Å². The van der Waals surface area contributed by atoms with Gasteiger partial charge in [0, 0.05) is 17.8 Å². The van der Waals surface area contributed by atoms with E-state index in [9.17, 15) is 24.3 Å². The van der Waals surface area contributed by atoms with Gasteiger partial charge in [-0.3, -0.25) is 19.3 Å². The third kappa shape index (κ3) is 3.24. The number of carbonyl (C=O) groups is 4. The van der Waals surface area contributed by atoms with Crippen LogP contribution in [0.15, 0.2) is 36.4 Å². The largest absolute Gasteiger partial charge is 0.507 e. The Morgan fingerprint density at radius 3 is 2.41 bits per heavy atom. The predicted molar refractivity (Wildman–Crippen MR) is 95.1 cm³/mol. The third-order valence-electron chi connectivity index (χ3n) is 4.16. The van der Waals surface area contributed by atoms with Crippen molar-refractivity contribution in [1.29, 1.82) is 0 Å². The van der Waals surface area contributed by atoms with Crippen molar-refractivity contribution in [1.82, 2.24) is 4.90 Å². The van der Waals surface area contributed by atoms with Crippen molar-refractivity contribution < 1.29 is 29.4 Å². The molecule has 0 radical (unpaired) electrons. The van der Waals surface area contributed by atoms with E-state index in [1.165, 1.54) is 24.3 Å². The molecular weight excluding hydrogens is 352 g/mol. The molecule has 1 aliphatic heterocycles. The van der Waals surface area contributed by atoms with Gasteiger partial charge in [-0.05, 0) is 42.8 Å². The van der Waals surface area contributed by atoms with Crippen molar-refractivity contribution in [3.8, 4) is 5.75 Å². The molecule has 0 bridgehead atoms. The van der Waals surface area contributed by atoms with Crippen LogP contribution in [0.5, 0.6) is 5.75 Å². The summed E-state index contributed by atoms with van der Waals surface area (Å²) in [4.78, 5) is 49.2. The number of fused-ring (bicyclic) bond motifs is 1. The number of carboxylic acids is 1. The fourth-order valence-electron chi connectivity index (χ4n) is 2.85. The van der Waals surface area contributed by atoms with Gasteiger partial charge in [-0.1, -0.05) is 6.92 Å². The van der Waals surface area contributed by atoms with Crippen molar-refractivity contribution >= 4 is 29.4 Å². The quantitative estimate of drug-likeness (QED) is 0.550. The Labute approximate surface area is 154 Å². The first-order valence-electron chi connectivity index (χ1n) is 8.21. The first kappa shape index (κ1) is 18.1. The maximum Gasteiger partial charge on any atom is 0.339 e. The number of nitrogens with one attached hydrogen (secondary N) is 1. The molecule has 2 aromatic rings. The molecule has 8 heteroatoms. The van der Waals surface area contributed by atoms with Crippen LogP contribution < -0.4 is 5.32 Å². The number of anilines is 1. The first-order chi connectivity index (χ1) is 12.8. The molecule has 8 nitrogen and oxygen atoms in total. The van der Waals surface area contributed by atoms with Gasteiger partial charge in [0.05, 0.1) is 11.1 Å². The zero-order valence-electron chi connectivity index (χ0n) is 14.4. The van der Waals surface area contributed by atoms with Crippen molar-refractivity contribution in [2.45, 2.75) is 13.3 Å². The summed E-state index contributed by atoms with van der Waals surface area (Å²) in [5.74, 6) is -3.15. The molecule has 0 saturated heterocycles. The van der Waals surface area contributed by atoms with E-state index in [0.29, 0.717) is 13.0 Å². The van der Waals surface area contributed by atoms with E-state index >= 15 is 0 Å². The number of imide groups is 1. The summed E-state index contributed by atoms with van der Waals surface area (Å²) in [6.45, 7) is 2.16. The highest BCUT2D eigenvalue weighted by Crippen LogP contribution is 2.25. The molecule has 3 N–H and O–H groups in total. The summed E-state index contributed by atoms with van der Waals surface area (Å²) in [7, 11) is 0. The Morgan fingerprint density at radius 1 is 1.04 bits per heavy atom. The van der Waals surface area contributed by atoms with Gasteiger partial charge in [0.25, 0.3) is 17.7 Å². The number of benzene rings is 2. The zero-order valence-corrected chi connectivity index (χ0v) is 14.4. The van der Waals surface area contributed by atoms with E-state index in [-0.39, 0.29) is 33.8 Å². The number of rotatable bonds is 5. The standard InChI is InChI=1S/C19H16N2O6/c1-2-7-21-17(24)12-5-3-10(8-13(12)18(21)25)16(23)20-11-4-6-15(22)14(9-11)19(26)27/h3-6,8-9,22H,2,7H2,1H3,(H,20,23)(H,26,27). The molecule has 0 spiro atoms. The number of hydrogen-bond acceptors (Lipinski definition) is 5. The maximum atomic E-state index is 12.4. The van der Waals surface area contributed by atoms with Crippen molar-refractivity contribution in [3.63, 3.8) is 0 Å². The molecule has 0 aromatic heterocycles. The minimum absolute atomic E-state index is 0.151. The second-order valence-electron chi connectivity index (χ2n) is 6.01. The van der Waals surface area contributed by atoms with Crippen molar-refractivity contribution in [2.24, 2.45) is 0 Å². The Morgan fingerprint density at radius 2 is 1.74 bits per heavy atom. The number of aromatic hydroxyl groups is 1. The van der Waals surface area contributed by atoms with Crippen molar-refractivity contribution in [3.05, 3.63) is 58.7 Å². The fourth-order valence-corrected chi connectivity index (χ4v) is 2.85. The molecule has 0 atom stereocenters. The third-order valence-corrected chi connectivity index (χ3v) is 4.16. The van der Waals surface area contributed by atoms with Gasteiger partial charge in [-0.2, -0.15) is 0 Å². The van der Waals surface area contributed by atoms with E-state index in [1.54, 1.807) is 0 Å². The molecule has 0 saturated carbocycles. The van der Waals surface area contributed by atoms with Crippen LogP contribution in [0, 0.1) is 0 Å². The van der Waals surface area contributed by atoms with Gasteiger partial charge in [0.2, 0.25) is 0 Å². The molecule has 27 heavy (non-hydrogen) atoms. The second kappa shape index (κ2) is 6.91. The summed E-state index contributed by atoms with van der Waals surface area (Å²) in [6, 6.07) is 7.84. The van der Waals surface area contributed by atoms with Crippen LogP contribution in [0.4, 0.5) is 5.69 Å². The lowest BCUT2D eigenvalue weighted by Gasteiger charge is -2.11. The van der Waals surface area contributed by atoms with Gasteiger partial charge in [0.1, 0.15) is 11.3 Å². The Balaban J connectivity index is 1.86. The highest BCUT2D eigenvalue weighted by molar-refractivity contribution is 6.22. The van der Waals surface area contributed by atoms with Crippen LogP contribution in [0.1, 0.15) is 54.8 Å². The Bertz CT molecular complexity index is 982. The average Bonchev–Trinajstić information content (AvgIpc) is 2.88. The maximum absolute atomic E-state index is 12.4. The Kier molecular flexibility index (Phi) is 4.64. The fraction of sp³-hybridized carbons (Fsp3) is 0.158. The topological polar surface area (TPSA) is 124 Å². The number of amides is 3. The first-order valence-corrected chi connectivity index (χ1v) is 8.21. The van der Waals surface area contributed by atoms with Gasteiger partial charge in [-0.15, -0.1) is 0 Å². The molecular formula is C19H16N2O6. The van der Waals surface area contributed by atoms with Gasteiger partial charge in [0.15, 0.2) is 0 Å². The lowest BCUT2D eigenvalue weighted by atomic mass is 10.1. The lowest BCUT2D eigenvalue weighted by molar-refractivity contribution is 0.0650. The molecule has 2 aromatic carbocycles. The van der Waals surface area contributed by atoms with E-state index in [1.807, 2.05) is 6.92 Å². The number of carbonyl (C=O) groups excluding carboxylic acids is 3. The molecule has 3 rings (SSSR count). The van der Waals surface area contributed by atoms with Crippen LogP contribution in [0.2, 0.25) is 0 Å². The molecule has 0 unspecified atom stereocenters. The molecule has 138 valence electrons. The predicted octanol–water partition coefficient (Wildman–Crippen LogP) is 2.35. The number of phenols is 1. The van der Waals surface area contributed by atoms with Gasteiger partial charge in [-0.25, -0.2) is 4.79 Å². The number of nitrogens with zero attached hydrogens (tertiary/aromatic N) is 1. The summed E-state index contributed by atoms with van der Waals surface area (Å²) in [5.41, 5.74) is 0.391. The summed E-state index contributed by atoms with van der Waals surface area (Å²) in [5, 5.41) is 21.1. The lowest BCUT2D eigenvalue weighted by Crippen LogP contribution is -2.30. The smallest absolute Gasteiger partial charge is 0.339 e. The van der Waals surface area contributed by atoms with Crippen LogP contribution in [0.25, 0.3) is 0 Å². The van der Waals surface area contributed by atoms with Gasteiger partial charge >= 0.3 is 5.97 Å². The minimum atomic E-state index is -1.33. The highest BCUT2D eigenvalue weighted by Gasteiger charge is 2.35. The molecule has 3 amide bonds. The molecule has 0 fully saturated rings. The average molecular weight is 368 g/mol. The number of hydrogen-bond donors (Lipinski definition) is 3.